The Bertz CT molecular complexity index is 321. The normalized spacial score (nSPS) is 28.9. The Hall–Kier alpha value is -0.810. The van der Waals surface area contributed by atoms with E-state index in [1.54, 1.807) is 4.90 Å². The zero-order chi connectivity index (χ0) is 14.0. The molecule has 1 saturated carbocycles. The summed E-state index contributed by atoms with van der Waals surface area (Å²) < 4.78 is 5.34. The van der Waals surface area contributed by atoms with Crippen molar-refractivity contribution in [1.82, 2.24) is 10.2 Å². The molecule has 0 bridgehead atoms. The van der Waals surface area contributed by atoms with Crippen LogP contribution in [0.5, 0.6) is 0 Å². The van der Waals surface area contributed by atoms with Crippen molar-refractivity contribution in [3.05, 3.63) is 0 Å². The van der Waals surface area contributed by atoms with Crippen molar-refractivity contribution in [3.63, 3.8) is 0 Å². The molecule has 0 aromatic heterocycles. The molecule has 1 aliphatic heterocycles. The van der Waals surface area contributed by atoms with Gasteiger partial charge in [-0.05, 0) is 33.6 Å². The fourth-order valence-electron chi connectivity index (χ4n) is 2.82. The molecule has 2 fully saturated rings. The summed E-state index contributed by atoms with van der Waals surface area (Å²) in [5.41, 5.74) is -0.487. The number of β-amino-alcohol motifs (C(OH)–C–C–N with tert-alkyl or cyclic N) is 1. The summed E-state index contributed by atoms with van der Waals surface area (Å²) in [7, 11) is 0. The number of ether oxygens (including phenoxy) is 1. The maximum atomic E-state index is 12.0. The second kappa shape index (κ2) is 5.67. The summed E-state index contributed by atoms with van der Waals surface area (Å²) in [6.07, 6.45) is 4.05. The molecule has 2 atom stereocenters. The molecule has 0 spiro atoms. The highest BCUT2D eigenvalue weighted by molar-refractivity contribution is 5.68. The smallest absolute Gasteiger partial charge is 0.410 e. The van der Waals surface area contributed by atoms with E-state index in [-0.39, 0.29) is 12.1 Å². The maximum absolute atomic E-state index is 12.0. The lowest BCUT2D eigenvalue weighted by Gasteiger charge is -2.24. The van der Waals surface area contributed by atoms with Gasteiger partial charge in [-0.2, -0.15) is 0 Å². The Labute approximate surface area is 115 Å². The van der Waals surface area contributed by atoms with Crippen LogP contribution in [-0.4, -0.2) is 53.0 Å². The van der Waals surface area contributed by atoms with Gasteiger partial charge in [0.25, 0.3) is 0 Å². The summed E-state index contributed by atoms with van der Waals surface area (Å²) in [6.45, 7) is 6.45. The van der Waals surface area contributed by atoms with Crippen LogP contribution in [0.15, 0.2) is 0 Å². The minimum Gasteiger partial charge on any atom is -0.444 e. The minimum absolute atomic E-state index is 0.0179. The number of hydrogen-bond donors (Lipinski definition) is 2. The Balaban J connectivity index is 1.84. The van der Waals surface area contributed by atoms with Crippen LogP contribution >= 0.6 is 0 Å². The second-order valence-corrected chi connectivity index (χ2v) is 6.71. The first-order valence-corrected chi connectivity index (χ1v) is 7.27. The lowest BCUT2D eigenvalue weighted by atomic mass is 10.1. The predicted molar refractivity (Wildman–Crippen MR) is 73.0 cm³/mol. The van der Waals surface area contributed by atoms with Crippen molar-refractivity contribution in [2.75, 3.05) is 13.1 Å². The van der Waals surface area contributed by atoms with E-state index in [9.17, 15) is 9.90 Å². The van der Waals surface area contributed by atoms with Crippen LogP contribution < -0.4 is 5.32 Å². The zero-order valence-electron chi connectivity index (χ0n) is 12.2. The van der Waals surface area contributed by atoms with E-state index in [0.29, 0.717) is 19.1 Å². The van der Waals surface area contributed by atoms with Crippen LogP contribution in [0, 0.1) is 0 Å². The third-order valence-electron chi connectivity index (χ3n) is 3.75. The predicted octanol–water partition coefficient (Wildman–Crippen LogP) is 1.50. The average Bonchev–Trinajstić information content (AvgIpc) is 2.88. The van der Waals surface area contributed by atoms with Crippen LogP contribution in [-0.2, 0) is 4.74 Å². The first kappa shape index (κ1) is 14.6. The molecule has 2 aliphatic rings. The van der Waals surface area contributed by atoms with Gasteiger partial charge < -0.3 is 20.1 Å². The molecule has 0 aromatic carbocycles. The highest BCUT2D eigenvalue weighted by Crippen LogP contribution is 2.21. The molecule has 0 radical (unpaired) electrons. The van der Waals surface area contributed by atoms with Crippen molar-refractivity contribution in [1.29, 1.82) is 0 Å². The Morgan fingerprint density at radius 3 is 2.47 bits per heavy atom. The van der Waals surface area contributed by atoms with Crippen molar-refractivity contribution in [2.45, 2.75) is 70.2 Å². The number of aliphatic hydroxyl groups excluding tert-OH is 1. The lowest BCUT2D eigenvalue weighted by Crippen LogP contribution is -2.44. The summed E-state index contributed by atoms with van der Waals surface area (Å²) >= 11 is 0. The van der Waals surface area contributed by atoms with Crippen molar-refractivity contribution in [3.8, 4) is 0 Å². The standard InChI is InChI=1S/C14H26N2O3/c1-14(2,3)19-13(18)16-8-11(12(17)9-16)15-10-6-4-5-7-10/h10-12,15,17H,4-9H2,1-3H3/t11-,12-/m1/s1. The number of likely N-dealkylation sites (tertiary alicyclic amines) is 1. The molecule has 5 heteroatoms. The van der Waals surface area contributed by atoms with E-state index in [1.165, 1.54) is 25.7 Å². The largest absolute Gasteiger partial charge is 0.444 e. The first-order valence-electron chi connectivity index (χ1n) is 7.27. The van der Waals surface area contributed by atoms with Gasteiger partial charge in [0.15, 0.2) is 0 Å². The molecule has 1 saturated heterocycles. The third kappa shape index (κ3) is 4.08. The molecular formula is C14H26N2O3. The van der Waals surface area contributed by atoms with Gasteiger partial charge in [-0.25, -0.2) is 4.79 Å². The Morgan fingerprint density at radius 1 is 1.26 bits per heavy atom. The summed E-state index contributed by atoms with van der Waals surface area (Å²) in [5.74, 6) is 0. The first-order chi connectivity index (χ1) is 8.85. The molecule has 0 unspecified atom stereocenters. The lowest BCUT2D eigenvalue weighted by molar-refractivity contribution is 0.0270. The zero-order valence-corrected chi connectivity index (χ0v) is 12.2. The van der Waals surface area contributed by atoms with Crippen LogP contribution in [0.1, 0.15) is 46.5 Å². The van der Waals surface area contributed by atoms with Gasteiger partial charge in [0.05, 0.1) is 18.7 Å². The van der Waals surface area contributed by atoms with E-state index < -0.39 is 11.7 Å². The van der Waals surface area contributed by atoms with Gasteiger partial charge in [0.1, 0.15) is 5.60 Å². The number of carbonyl (C=O) groups excluding carboxylic acids is 1. The molecule has 19 heavy (non-hydrogen) atoms. The van der Waals surface area contributed by atoms with Gasteiger partial charge in [-0.3, -0.25) is 0 Å². The van der Waals surface area contributed by atoms with Gasteiger partial charge in [0, 0.05) is 12.6 Å². The quantitative estimate of drug-likeness (QED) is 0.798. The number of rotatable bonds is 2. The van der Waals surface area contributed by atoms with E-state index in [4.69, 9.17) is 4.74 Å². The number of aliphatic hydroxyl groups is 1. The second-order valence-electron chi connectivity index (χ2n) is 6.71. The average molecular weight is 270 g/mol. The van der Waals surface area contributed by atoms with E-state index in [1.807, 2.05) is 20.8 Å². The van der Waals surface area contributed by atoms with Crippen molar-refractivity contribution >= 4 is 6.09 Å². The summed E-state index contributed by atoms with van der Waals surface area (Å²) in [6, 6.07) is 0.480. The molecule has 110 valence electrons. The molecule has 5 nitrogen and oxygen atoms in total. The van der Waals surface area contributed by atoms with Gasteiger partial charge in [-0.1, -0.05) is 12.8 Å². The minimum atomic E-state index is -0.492. The van der Waals surface area contributed by atoms with Crippen LogP contribution in [0.25, 0.3) is 0 Å². The molecule has 2 N–H and O–H groups in total. The van der Waals surface area contributed by atoms with Crippen molar-refractivity contribution < 1.29 is 14.6 Å². The van der Waals surface area contributed by atoms with E-state index >= 15 is 0 Å². The highest BCUT2D eigenvalue weighted by atomic mass is 16.6. The number of nitrogens with one attached hydrogen (secondary N) is 1. The monoisotopic (exact) mass is 270 g/mol. The van der Waals surface area contributed by atoms with Gasteiger partial charge >= 0.3 is 6.09 Å². The summed E-state index contributed by atoms with van der Waals surface area (Å²) in [5, 5.41) is 13.5. The molecular weight excluding hydrogens is 244 g/mol. The Morgan fingerprint density at radius 2 is 1.89 bits per heavy atom. The topological polar surface area (TPSA) is 61.8 Å². The molecule has 1 heterocycles. The SMILES string of the molecule is CC(C)(C)OC(=O)N1C[C@@H](O)[C@H](NC2CCCC2)C1. The number of amides is 1. The van der Waals surface area contributed by atoms with Crippen LogP contribution in [0.3, 0.4) is 0 Å². The third-order valence-corrected chi connectivity index (χ3v) is 3.75. The van der Waals surface area contributed by atoms with E-state index in [2.05, 4.69) is 5.32 Å². The maximum Gasteiger partial charge on any atom is 0.410 e. The van der Waals surface area contributed by atoms with Gasteiger partial charge in [0.2, 0.25) is 0 Å². The van der Waals surface area contributed by atoms with E-state index in [0.717, 1.165) is 0 Å². The number of hydrogen-bond acceptors (Lipinski definition) is 4. The number of carbonyl (C=O) groups is 1. The van der Waals surface area contributed by atoms with Gasteiger partial charge in [-0.15, -0.1) is 0 Å². The van der Waals surface area contributed by atoms with Crippen LogP contribution in [0.4, 0.5) is 4.79 Å². The molecule has 1 aliphatic carbocycles. The highest BCUT2D eigenvalue weighted by Gasteiger charge is 2.37. The summed E-state index contributed by atoms with van der Waals surface area (Å²) in [4.78, 5) is 13.6. The molecule has 2 rings (SSSR count). The van der Waals surface area contributed by atoms with Crippen molar-refractivity contribution in [2.24, 2.45) is 0 Å². The molecule has 0 aromatic rings. The van der Waals surface area contributed by atoms with Crippen LogP contribution in [0.2, 0.25) is 0 Å². The fourth-order valence-corrected chi connectivity index (χ4v) is 2.82. The fraction of sp³-hybridized carbons (Fsp3) is 0.929. The Kier molecular flexibility index (Phi) is 4.36. The molecule has 1 amide bonds. The number of nitrogens with zero attached hydrogens (tertiary/aromatic N) is 1.